The fourth-order valence-electron chi connectivity index (χ4n) is 2.79. The highest BCUT2D eigenvalue weighted by Crippen LogP contribution is 2.29. The minimum absolute atomic E-state index is 0.0322. The normalized spacial score (nSPS) is 15.6. The van der Waals surface area contributed by atoms with Gasteiger partial charge < -0.3 is 5.32 Å². The average Bonchev–Trinajstić information content (AvgIpc) is 2.52. The second-order valence-electron chi connectivity index (χ2n) is 5.87. The molecule has 1 aromatic rings. The van der Waals surface area contributed by atoms with Gasteiger partial charge in [-0.25, -0.2) is 0 Å². The van der Waals surface area contributed by atoms with E-state index in [-0.39, 0.29) is 12.5 Å². The SMILES string of the molecule is O=C(CC1CCCCC1)NCC#Cc1cccc(C(F)(F)F)c1. The zero-order valence-electron chi connectivity index (χ0n) is 12.9. The van der Waals surface area contributed by atoms with Crippen LogP contribution in [0.2, 0.25) is 0 Å². The van der Waals surface area contributed by atoms with Crippen LogP contribution in [0.25, 0.3) is 0 Å². The van der Waals surface area contributed by atoms with Crippen molar-refractivity contribution in [3.05, 3.63) is 35.4 Å². The summed E-state index contributed by atoms with van der Waals surface area (Å²) in [5.74, 6) is 5.78. The van der Waals surface area contributed by atoms with Crippen molar-refractivity contribution in [3.63, 3.8) is 0 Å². The van der Waals surface area contributed by atoms with Crippen molar-refractivity contribution in [2.75, 3.05) is 6.54 Å². The van der Waals surface area contributed by atoms with Crippen LogP contribution in [0.1, 0.15) is 49.7 Å². The second kappa shape index (κ2) is 8.05. The molecule has 1 N–H and O–H groups in total. The van der Waals surface area contributed by atoms with E-state index in [1.54, 1.807) is 0 Å². The highest BCUT2D eigenvalue weighted by atomic mass is 19.4. The van der Waals surface area contributed by atoms with Gasteiger partial charge in [-0.1, -0.05) is 37.2 Å². The van der Waals surface area contributed by atoms with E-state index in [4.69, 9.17) is 0 Å². The molecule has 1 aliphatic carbocycles. The zero-order valence-corrected chi connectivity index (χ0v) is 12.9. The summed E-state index contributed by atoms with van der Waals surface area (Å²) in [7, 11) is 0. The van der Waals surface area contributed by atoms with Gasteiger partial charge in [-0.2, -0.15) is 13.2 Å². The molecule has 124 valence electrons. The number of rotatable bonds is 3. The van der Waals surface area contributed by atoms with Gasteiger partial charge in [0, 0.05) is 12.0 Å². The first-order valence-corrected chi connectivity index (χ1v) is 7.88. The summed E-state index contributed by atoms with van der Waals surface area (Å²) in [6, 6.07) is 4.87. The molecular formula is C18H20F3NO. The van der Waals surface area contributed by atoms with Gasteiger partial charge in [0.05, 0.1) is 12.1 Å². The summed E-state index contributed by atoms with van der Waals surface area (Å²) in [5, 5.41) is 2.71. The van der Waals surface area contributed by atoms with Crippen molar-refractivity contribution < 1.29 is 18.0 Å². The molecule has 2 nitrogen and oxygen atoms in total. The molecule has 1 aromatic carbocycles. The predicted octanol–water partition coefficient (Wildman–Crippen LogP) is 4.14. The number of alkyl halides is 3. The molecule has 2 rings (SSSR count). The quantitative estimate of drug-likeness (QED) is 0.832. The van der Waals surface area contributed by atoms with Crippen LogP contribution in [-0.2, 0) is 11.0 Å². The highest BCUT2D eigenvalue weighted by Gasteiger charge is 2.30. The highest BCUT2D eigenvalue weighted by molar-refractivity contribution is 5.76. The summed E-state index contributed by atoms with van der Waals surface area (Å²) in [6.07, 6.45) is 1.98. The van der Waals surface area contributed by atoms with Crippen molar-refractivity contribution in [1.82, 2.24) is 5.32 Å². The molecule has 1 amide bonds. The van der Waals surface area contributed by atoms with Crippen LogP contribution in [-0.4, -0.2) is 12.5 Å². The third-order valence-corrected chi connectivity index (χ3v) is 4.00. The summed E-state index contributed by atoms with van der Waals surface area (Å²) < 4.78 is 37.7. The number of hydrogen-bond donors (Lipinski definition) is 1. The van der Waals surface area contributed by atoms with E-state index in [0.29, 0.717) is 17.9 Å². The Kier molecular flexibility index (Phi) is 6.09. The molecule has 1 fully saturated rings. The molecule has 0 heterocycles. The standard InChI is InChI=1S/C18H20F3NO/c19-18(20,21)16-10-4-8-14(12-16)9-5-11-22-17(23)13-15-6-2-1-3-7-15/h4,8,10,12,15H,1-3,6-7,11,13H2,(H,22,23). The van der Waals surface area contributed by atoms with Crippen LogP contribution in [0.4, 0.5) is 13.2 Å². The largest absolute Gasteiger partial charge is 0.416 e. The number of benzene rings is 1. The Morgan fingerprint density at radius 2 is 1.96 bits per heavy atom. The van der Waals surface area contributed by atoms with E-state index in [1.807, 2.05) is 0 Å². The lowest BCUT2D eigenvalue weighted by molar-refractivity contribution is -0.137. The van der Waals surface area contributed by atoms with Gasteiger partial charge >= 0.3 is 6.18 Å². The van der Waals surface area contributed by atoms with Crippen LogP contribution in [0, 0.1) is 17.8 Å². The number of amides is 1. The molecule has 0 aliphatic heterocycles. The predicted molar refractivity (Wildman–Crippen MR) is 82.5 cm³/mol. The fraction of sp³-hybridized carbons (Fsp3) is 0.500. The summed E-state index contributed by atoms with van der Waals surface area (Å²) >= 11 is 0. The third-order valence-electron chi connectivity index (χ3n) is 4.00. The Hall–Kier alpha value is -1.96. The maximum Gasteiger partial charge on any atom is 0.416 e. The molecule has 1 saturated carbocycles. The Morgan fingerprint density at radius 1 is 1.22 bits per heavy atom. The molecule has 0 atom stereocenters. The van der Waals surface area contributed by atoms with Crippen LogP contribution >= 0.6 is 0 Å². The molecule has 0 bridgehead atoms. The number of carbonyl (C=O) groups is 1. The molecule has 5 heteroatoms. The maximum atomic E-state index is 12.6. The molecular weight excluding hydrogens is 303 g/mol. The number of halogens is 3. The lowest BCUT2D eigenvalue weighted by atomic mass is 9.87. The summed E-state index contributed by atoms with van der Waals surface area (Å²) in [4.78, 5) is 11.8. The summed E-state index contributed by atoms with van der Waals surface area (Å²) in [5.41, 5.74) is -0.424. The first-order valence-electron chi connectivity index (χ1n) is 7.88. The average molecular weight is 323 g/mol. The van der Waals surface area contributed by atoms with E-state index < -0.39 is 11.7 Å². The molecule has 23 heavy (non-hydrogen) atoms. The Labute approximate surface area is 134 Å². The lowest BCUT2D eigenvalue weighted by Crippen LogP contribution is -2.26. The molecule has 0 saturated heterocycles. The third kappa shape index (κ3) is 5.97. The van der Waals surface area contributed by atoms with E-state index in [1.165, 1.54) is 31.4 Å². The monoisotopic (exact) mass is 323 g/mol. The topological polar surface area (TPSA) is 29.1 Å². The summed E-state index contributed by atoms with van der Waals surface area (Å²) in [6.45, 7) is 0.155. The van der Waals surface area contributed by atoms with Crippen LogP contribution < -0.4 is 5.32 Å². The molecule has 0 spiro atoms. The molecule has 0 unspecified atom stereocenters. The van der Waals surface area contributed by atoms with E-state index in [0.717, 1.165) is 25.0 Å². The number of nitrogens with one attached hydrogen (secondary N) is 1. The minimum Gasteiger partial charge on any atom is -0.345 e. The van der Waals surface area contributed by atoms with Gasteiger partial charge in [0.15, 0.2) is 0 Å². The van der Waals surface area contributed by atoms with Crippen molar-refractivity contribution >= 4 is 5.91 Å². The smallest absolute Gasteiger partial charge is 0.345 e. The van der Waals surface area contributed by atoms with Crippen LogP contribution in [0.3, 0.4) is 0 Å². The first kappa shape index (κ1) is 17.4. The van der Waals surface area contributed by atoms with E-state index >= 15 is 0 Å². The van der Waals surface area contributed by atoms with Gasteiger partial charge in [0.1, 0.15) is 0 Å². The minimum atomic E-state index is -4.37. The fourth-order valence-corrected chi connectivity index (χ4v) is 2.79. The van der Waals surface area contributed by atoms with Crippen molar-refractivity contribution in [2.24, 2.45) is 5.92 Å². The Morgan fingerprint density at radius 3 is 2.65 bits per heavy atom. The molecule has 1 aliphatic rings. The molecule has 0 aromatic heterocycles. The molecule has 0 radical (unpaired) electrons. The van der Waals surface area contributed by atoms with Crippen molar-refractivity contribution in [1.29, 1.82) is 0 Å². The Balaban J connectivity index is 1.80. The lowest BCUT2D eigenvalue weighted by Gasteiger charge is -2.20. The van der Waals surface area contributed by atoms with Crippen molar-refractivity contribution in [3.8, 4) is 11.8 Å². The Bertz CT molecular complexity index is 592. The van der Waals surface area contributed by atoms with Gasteiger partial charge in [-0.15, -0.1) is 0 Å². The maximum absolute atomic E-state index is 12.6. The van der Waals surface area contributed by atoms with Gasteiger partial charge in [-0.05, 0) is 37.0 Å². The van der Waals surface area contributed by atoms with Gasteiger partial charge in [0.25, 0.3) is 0 Å². The second-order valence-corrected chi connectivity index (χ2v) is 5.87. The van der Waals surface area contributed by atoms with Gasteiger partial charge in [0.2, 0.25) is 5.91 Å². The van der Waals surface area contributed by atoms with Crippen LogP contribution in [0.5, 0.6) is 0 Å². The van der Waals surface area contributed by atoms with E-state index in [2.05, 4.69) is 17.2 Å². The number of carbonyl (C=O) groups excluding carboxylic acids is 1. The van der Waals surface area contributed by atoms with E-state index in [9.17, 15) is 18.0 Å². The van der Waals surface area contributed by atoms with Crippen molar-refractivity contribution in [2.45, 2.75) is 44.7 Å². The van der Waals surface area contributed by atoms with Gasteiger partial charge in [-0.3, -0.25) is 4.79 Å². The first-order chi connectivity index (χ1) is 10.9. The number of hydrogen-bond acceptors (Lipinski definition) is 1. The zero-order chi connectivity index (χ0) is 16.7. The van der Waals surface area contributed by atoms with Crippen LogP contribution in [0.15, 0.2) is 24.3 Å².